The maximum atomic E-state index is 14.0. The van der Waals surface area contributed by atoms with Gasteiger partial charge in [0.15, 0.2) is 5.75 Å². The lowest BCUT2D eigenvalue weighted by atomic mass is 9.48. The molecule has 4 saturated carbocycles. The van der Waals surface area contributed by atoms with Crippen LogP contribution in [0.2, 0.25) is 5.02 Å². The van der Waals surface area contributed by atoms with Crippen molar-refractivity contribution in [2.45, 2.75) is 62.4 Å². The summed E-state index contributed by atoms with van der Waals surface area (Å²) in [5, 5.41) is 11.8. The molecule has 2 aromatic carbocycles. The van der Waals surface area contributed by atoms with E-state index in [1.807, 2.05) is 0 Å². The Morgan fingerprint density at radius 2 is 1.68 bits per heavy atom. The van der Waals surface area contributed by atoms with Crippen LogP contribution < -0.4 is 13.8 Å². The Morgan fingerprint density at radius 1 is 1.02 bits per heavy atom. The summed E-state index contributed by atoms with van der Waals surface area (Å²) < 4.78 is 41.1. The first kappa shape index (κ1) is 26.9. The van der Waals surface area contributed by atoms with E-state index in [1.165, 1.54) is 48.9 Å². The van der Waals surface area contributed by atoms with E-state index in [4.69, 9.17) is 21.1 Å². The molecule has 7 nitrogen and oxygen atoms in total. The second kappa shape index (κ2) is 10.1. The topological polar surface area (TPSA) is 79.3 Å². The molecule has 2 heterocycles. The SMILES string of the molecule is COc1ccc2c(c1)N(CC1CCN(C[C@H](O)C34CC5CC(CC(C5)C3)C4)CC1)S(=O)(=O)c1cc(Cl)ccc1O2. The first-order chi connectivity index (χ1) is 19.2. The fraction of sp³-hybridized carbons (Fsp3) is 0.613. The highest BCUT2D eigenvalue weighted by Gasteiger charge is 2.54. The second-order valence-electron chi connectivity index (χ2n) is 13.1. The van der Waals surface area contributed by atoms with Gasteiger partial charge in [-0.15, -0.1) is 0 Å². The van der Waals surface area contributed by atoms with E-state index in [0.717, 1.165) is 50.2 Å². The van der Waals surface area contributed by atoms with E-state index in [9.17, 15) is 13.5 Å². The molecule has 1 saturated heterocycles. The number of halogens is 1. The van der Waals surface area contributed by atoms with Gasteiger partial charge in [-0.3, -0.25) is 4.31 Å². The van der Waals surface area contributed by atoms with Crippen LogP contribution in [0.15, 0.2) is 41.3 Å². The third-order valence-corrected chi connectivity index (χ3v) is 12.5. The summed E-state index contributed by atoms with van der Waals surface area (Å²) >= 11 is 6.23. The third kappa shape index (κ3) is 4.69. The minimum Gasteiger partial charge on any atom is -0.497 e. The molecule has 216 valence electrons. The lowest BCUT2D eigenvalue weighted by Crippen LogP contribution is -2.55. The summed E-state index contributed by atoms with van der Waals surface area (Å²) in [6.07, 6.45) is 9.26. The number of likely N-dealkylation sites (tertiary alicyclic amines) is 1. The van der Waals surface area contributed by atoms with E-state index in [2.05, 4.69) is 4.90 Å². The molecule has 4 bridgehead atoms. The van der Waals surface area contributed by atoms with Crippen molar-refractivity contribution in [3.63, 3.8) is 0 Å². The van der Waals surface area contributed by atoms with Crippen LogP contribution in [-0.4, -0.2) is 57.8 Å². The number of aliphatic hydroxyl groups is 1. The molecule has 0 aromatic heterocycles. The zero-order valence-electron chi connectivity index (χ0n) is 23.1. The van der Waals surface area contributed by atoms with Gasteiger partial charge in [0.05, 0.1) is 18.9 Å². The van der Waals surface area contributed by atoms with Crippen LogP contribution in [0.4, 0.5) is 5.69 Å². The molecule has 6 aliphatic rings. The van der Waals surface area contributed by atoms with E-state index in [1.54, 1.807) is 37.4 Å². The summed E-state index contributed by atoms with van der Waals surface area (Å²) in [4.78, 5) is 2.48. The third-order valence-electron chi connectivity index (χ3n) is 10.5. The molecule has 1 atom stereocenters. The zero-order valence-corrected chi connectivity index (χ0v) is 24.7. The standard InChI is InChI=1S/C31H39ClN2O5S/c1-38-25-3-5-27-26(14-25)34(40(36,37)29-13-24(32)2-4-28(29)39-27)18-20-6-8-33(9-7-20)19-30(35)31-15-21-10-22(16-31)12-23(11-21)17-31/h2-5,13-14,20-23,30,35H,6-12,15-19H2,1H3/t21?,22?,23?,30-,31?/m0/s1. The van der Waals surface area contributed by atoms with E-state index < -0.39 is 10.0 Å². The average molecular weight is 587 g/mol. The first-order valence-corrected chi connectivity index (χ1v) is 16.6. The van der Waals surface area contributed by atoms with Gasteiger partial charge in [-0.05, 0) is 124 Å². The predicted octanol–water partition coefficient (Wildman–Crippen LogP) is 5.94. The van der Waals surface area contributed by atoms with Gasteiger partial charge >= 0.3 is 0 Å². The number of aliphatic hydroxyl groups excluding tert-OH is 1. The van der Waals surface area contributed by atoms with Gasteiger partial charge in [-0.25, -0.2) is 8.42 Å². The number of methoxy groups -OCH3 is 1. The minimum atomic E-state index is -3.92. The summed E-state index contributed by atoms with van der Waals surface area (Å²) in [6.45, 7) is 2.82. The molecule has 2 aliphatic heterocycles. The number of hydrogen-bond donors (Lipinski definition) is 1. The van der Waals surface area contributed by atoms with Gasteiger partial charge in [0.2, 0.25) is 0 Å². The number of benzene rings is 2. The number of piperidine rings is 1. The highest BCUT2D eigenvalue weighted by Crippen LogP contribution is 2.61. The quantitative estimate of drug-likeness (QED) is 0.451. The predicted molar refractivity (Wildman–Crippen MR) is 155 cm³/mol. The molecule has 0 radical (unpaired) electrons. The summed E-state index contributed by atoms with van der Waals surface area (Å²) in [6, 6.07) is 9.99. The molecule has 4 aliphatic carbocycles. The van der Waals surface area contributed by atoms with Crippen molar-refractivity contribution in [1.82, 2.24) is 4.90 Å². The van der Waals surface area contributed by atoms with Crippen LogP contribution in [-0.2, 0) is 10.0 Å². The first-order valence-electron chi connectivity index (χ1n) is 14.8. The van der Waals surface area contributed by atoms with Crippen molar-refractivity contribution >= 4 is 27.3 Å². The number of sulfonamides is 1. The Bertz CT molecular complexity index is 1350. The molecule has 0 amide bonds. The van der Waals surface area contributed by atoms with Crippen LogP contribution in [0.25, 0.3) is 0 Å². The number of ether oxygens (including phenoxy) is 2. The van der Waals surface area contributed by atoms with Crippen molar-refractivity contribution in [1.29, 1.82) is 0 Å². The molecule has 2 aromatic rings. The molecule has 0 unspecified atom stereocenters. The molecule has 40 heavy (non-hydrogen) atoms. The highest BCUT2D eigenvalue weighted by atomic mass is 35.5. The number of anilines is 1. The summed E-state index contributed by atoms with van der Waals surface area (Å²) in [5.74, 6) is 3.98. The monoisotopic (exact) mass is 586 g/mol. The van der Waals surface area contributed by atoms with Gasteiger partial charge in [-0.2, -0.15) is 0 Å². The smallest absolute Gasteiger partial charge is 0.268 e. The zero-order chi connectivity index (χ0) is 27.6. The Labute approximate surface area is 242 Å². The highest BCUT2D eigenvalue weighted by molar-refractivity contribution is 7.93. The van der Waals surface area contributed by atoms with Crippen LogP contribution in [0.1, 0.15) is 51.4 Å². The van der Waals surface area contributed by atoms with Gasteiger partial charge in [0.25, 0.3) is 10.0 Å². The van der Waals surface area contributed by atoms with E-state index >= 15 is 0 Å². The maximum Gasteiger partial charge on any atom is 0.268 e. The molecule has 1 N–H and O–H groups in total. The molecule has 5 fully saturated rings. The van der Waals surface area contributed by atoms with Crippen LogP contribution in [0, 0.1) is 29.1 Å². The van der Waals surface area contributed by atoms with Crippen molar-refractivity contribution in [3.05, 3.63) is 41.4 Å². The number of fused-ring (bicyclic) bond motifs is 2. The minimum absolute atomic E-state index is 0.0753. The molecular weight excluding hydrogens is 548 g/mol. The molecule has 0 spiro atoms. The Morgan fingerprint density at radius 3 is 2.33 bits per heavy atom. The Kier molecular flexibility index (Phi) is 6.77. The van der Waals surface area contributed by atoms with Gasteiger partial charge < -0.3 is 19.5 Å². The molecular formula is C31H39ClN2O5S. The average Bonchev–Trinajstić information content (AvgIpc) is 3.01. The lowest BCUT2D eigenvalue weighted by molar-refractivity contribution is -0.127. The van der Waals surface area contributed by atoms with Crippen molar-refractivity contribution in [2.24, 2.45) is 29.1 Å². The fourth-order valence-electron chi connectivity index (χ4n) is 8.85. The maximum absolute atomic E-state index is 14.0. The fourth-order valence-corrected chi connectivity index (χ4v) is 10.8. The molecule has 9 heteroatoms. The second-order valence-corrected chi connectivity index (χ2v) is 15.4. The van der Waals surface area contributed by atoms with Crippen molar-refractivity contribution in [2.75, 3.05) is 37.6 Å². The number of β-amino-alcohol motifs (C(OH)–C–C–N with tert-alkyl or cyclic N) is 1. The largest absolute Gasteiger partial charge is 0.497 e. The van der Waals surface area contributed by atoms with Crippen LogP contribution >= 0.6 is 11.6 Å². The van der Waals surface area contributed by atoms with E-state index in [-0.39, 0.29) is 28.1 Å². The van der Waals surface area contributed by atoms with Crippen molar-refractivity contribution < 1.29 is 23.0 Å². The van der Waals surface area contributed by atoms with Crippen LogP contribution in [0.5, 0.6) is 17.2 Å². The van der Waals surface area contributed by atoms with Gasteiger partial charge in [-0.1, -0.05) is 11.6 Å². The van der Waals surface area contributed by atoms with E-state index in [0.29, 0.717) is 28.8 Å². The van der Waals surface area contributed by atoms with Crippen molar-refractivity contribution in [3.8, 4) is 17.2 Å². The number of rotatable bonds is 6. The van der Waals surface area contributed by atoms with Gasteiger partial charge in [0.1, 0.15) is 16.4 Å². The Balaban J connectivity index is 1.07. The number of nitrogens with zero attached hydrogens (tertiary/aromatic N) is 2. The summed E-state index contributed by atoms with van der Waals surface area (Å²) in [5.41, 5.74) is 0.606. The van der Waals surface area contributed by atoms with Gasteiger partial charge in [0, 0.05) is 24.2 Å². The Hall–Kier alpha value is -2.00. The van der Waals surface area contributed by atoms with Crippen LogP contribution in [0.3, 0.4) is 0 Å². The lowest BCUT2D eigenvalue weighted by Gasteiger charge is -2.59. The normalized spacial score (nSPS) is 31.7. The summed E-state index contributed by atoms with van der Waals surface area (Å²) in [7, 11) is -2.35. The molecule has 8 rings (SSSR count). The number of hydrogen-bond acceptors (Lipinski definition) is 6.